The summed E-state index contributed by atoms with van der Waals surface area (Å²) in [5.74, 6) is 1.22. The van der Waals surface area contributed by atoms with Crippen LogP contribution in [0.1, 0.15) is 31.9 Å². The Morgan fingerprint density at radius 3 is 2.87 bits per heavy atom. The van der Waals surface area contributed by atoms with Gasteiger partial charge in [-0.15, -0.1) is 0 Å². The van der Waals surface area contributed by atoms with Gasteiger partial charge < -0.3 is 5.32 Å². The van der Waals surface area contributed by atoms with Crippen LogP contribution in [0.4, 0.5) is 0 Å². The second-order valence-electron chi connectivity index (χ2n) is 3.86. The van der Waals surface area contributed by atoms with Gasteiger partial charge in [0.1, 0.15) is 0 Å². The molecule has 2 atom stereocenters. The second-order valence-corrected chi connectivity index (χ2v) is 4.84. The maximum atomic E-state index is 4.13. The van der Waals surface area contributed by atoms with Gasteiger partial charge in [0, 0.05) is 24.5 Å². The Morgan fingerprint density at radius 2 is 2.27 bits per heavy atom. The quantitative estimate of drug-likeness (QED) is 0.804. The molecule has 0 saturated heterocycles. The van der Waals surface area contributed by atoms with E-state index in [9.17, 15) is 0 Å². The van der Waals surface area contributed by atoms with Crippen LogP contribution in [0.5, 0.6) is 0 Å². The highest BCUT2D eigenvalue weighted by Crippen LogP contribution is 2.12. The van der Waals surface area contributed by atoms with Crippen molar-refractivity contribution in [2.24, 2.45) is 0 Å². The fourth-order valence-electron chi connectivity index (χ4n) is 1.53. The summed E-state index contributed by atoms with van der Waals surface area (Å²) in [6.45, 7) is 4.43. The molecule has 0 saturated carbocycles. The normalized spacial score (nSPS) is 14.9. The van der Waals surface area contributed by atoms with Crippen molar-refractivity contribution in [1.82, 2.24) is 10.3 Å². The van der Waals surface area contributed by atoms with E-state index in [1.54, 1.807) is 0 Å². The molecular weight excluding hydrogens is 204 g/mol. The zero-order valence-corrected chi connectivity index (χ0v) is 10.6. The van der Waals surface area contributed by atoms with Crippen LogP contribution in [0.3, 0.4) is 0 Å². The molecule has 84 valence electrons. The van der Waals surface area contributed by atoms with E-state index in [-0.39, 0.29) is 0 Å². The van der Waals surface area contributed by atoms with Gasteiger partial charge in [-0.2, -0.15) is 11.8 Å². The highest BCUT2D eigenvalue weighted by molar-refractivity contribution is 7.98. The van der Waals surface area contributed by atoms with E-state index >= 15 is 0 Å². The van der Waals surface area contributed by atoms with Crippen LogP contribution in [0.2, 0.25) is 0 Å². The summed E-state index contributed by atoms with van der Waals surface area (Å²) < 4.78 is 0. The van der Waals surface area contributed by atoms with Crippen molar-refractivity contribution >= 4 is 11.8 Å². The smallest absolute Gasteiger partial charge is 0.0315 e. The van der Waals surface area contributed by atoms with Crippen LogP contribution in [0, 0.1) is 0 Å². The number of hydrogen-bond acceptors (Lipinski definition) is 3. The molecule has 1 aromatic heterocycles. The van der Waals surface area contributed by atoms with Crippen molar-refractivity contribution < 1.29 is 0 Å². The van der Waals surface area contributed by atoms with Gasteiger partial charge in [-0.25, -0.2) is 0 Å². The topological polar surface area (TPSA) is 24.9 Å². The van der Waals surface area contributed by atoms with E-state index in [2.05, 4.69) is 36.5 Å². The van der Waals surface area contributed by atoms with E-state index in [0.717, 1.165) is 0 Å². The van der Waals surface area contributed by atoms with Crippen LogP contribution in [0.25, 0.3) is 0 Å². The molecule has 0 fully saturated rings. The first-order valence-electron chi connectivity index (χ1n) is 5.39. The summed E-state index contributed by atoms with van der Waals surface area (Å²) >= 11 is 1.90. The number of rotatable bonds is 6. The molecule has 2 nitrogen and oxygen atoms in total. The molecular formula is C12H20N2S. The van der Waals surface area contributed by atoms with Crippen LogP contribution < -0.4 is 5.32 Å². The number of nitrogens with one attached hydrogen (secondary N) is 1. The summed E-state index contributed by atoms with van der Waals surface area (Å²) in [5, 5.41) is 3.58. The molecule has 0 aromatic carbocycles. The Balaban J connectivity index is 2.38. The minimum Gasteiger partial charge on any atom is -0.308 e. The molecule has 1 heterocycles. The zero-order chi connectivity index (χ0) is 11.1. The van der Waals surface area contributed by atoms with Gasteiger partial charge >= 0.3 is 0 Å². The molecule has 0 spiro atoms. The summed E-state index contributed by atoms with van der Waals surface area (Å²) in [7, 11) is 0. The number of hydrogen-bond donors (Lipinski definition) is 1. The maximum absolute atomic E-state index is 4.13. The SMILES string of the molecule is CSCCC(C)NC(C)c1cccnc1. The average Bonchev–Trinajstić information content (AvgIpc) is 2.27. The van der Waals surface area contributed by atoms with Crippen molar-refractivity contribution in [2.45, 2.75) is 32.4 Å². The second kappa shape index (κ2) is 6.85. The lowest BCUT2D eigenvalue weighted by atomic mass is 10.1. The number of thioether (sulfide) groups is 1. The van der Waals surface area contributed by atoms with Gasteiger partial charge in [0.25, 0.3) is 0 Å². The lowest BCUT2D eigenvalue weighted by molar-refractivity contribution is 0.471. The molecule has 0 aliphatic carbocycles. The first-order chi connectivity index (χ1) is 7.24. The Bertz CT molecular complexity index is 264. The molecule has 1 N–H and O–H groups in total. The van der Waals surface area contributed by atoms with E-state index in [4.69, 9.17) is 0 Å². The Kier molecular flexibility index (Phi) is 5.73. The fraction of sp³-hybridized carbons (Fsp3) is 0.583. The first kappa shape index (κ1) is 12.5. The Morgan fingerprint density at radius 1 is 1.47 bits per heavy atom. The van der Waals surface area contributed by atoms with Crippen LogP contribution in [0.15, 0.2) is 24.5 Å². The van der Waals surface area contributed by atoms with E-state index < -0.39 is 0 Å². The maximum Gasteiger partial charge on any atom is 0.0315 e. The van der Waals surface area contributed by atoms with Gasteiger partial charge in [0.05, 0.1) is 0 Å². The Labute approximate surface area is 96.9 Å². The molecule has 1 rings (SSSR count). The third kappa shape index (κ3) is 4.67. The van der Waals surface area contributed by atoms with Gasteiger partial charge in [-0.1, -0.05) is 6.07 Å². The third-order valence-electron chi connectivity index (χ3n) is 2.47. The standard InChI is InChI=1S/C12H20N2S/c1-10(6-8-15-3)14-11(2)12-5-4-7-13-9-12/h4-5,7,9-11,14H,6,8H2,1-3H3. The van der Waals surface area contributed by atoms with E-state index in [0.29, 0.717) is 12.1 Å². The molecule has 2 unspecified atom stereocenters. The highest BCUT2D eigenvalue weighted by atomic mass is 32.2. The number of pyridine rings is 1. The van der Waals surface area contributed by atoms with Gasteiger partial charge in [0.2, 0.25) is 0 Å². The van der Waals surface area contributed by atoms with Gasteiger partial charge in [0.15, 0.2) is 0 Å². The molecule has 0 amide bonds. The van der Waals surface area contributed by atoms with Crippen LogP contribution >= 0.6 is 11.8 Å². The molecule has 0 bridgehead atoms. The fourth-order valence-corrected chi connectivity index (χ4v) is 2.12. The summed E-state index contributed by atoms with van der Waals surface area (Å²) in [4.78, 5) is 4.13. The zero-order valence-electron chi connectivity index (χ0n) is 9.73. The molecule has 0 aliphatic heterocycles. The molecule has 1 aromatic rings. The molecule has 0 radical (unpaired) electrons. The van der Waals surface area contributed by atoms with E-state index in [1.807, 2.05) is 30.2 Å². The molecule has 0 aliphatic rings. The van der Waals surface area contributed by atoms with Crippen molar-refractivity contribution in [2.75, 3.05) is 12.0 Å². The highest BCUT2D eigenvalue weighted by Gasteiger charge is 2.08. The average molecular weight is 224 g/mol. The predicted molar refractivity (Wildman–Crippen MR) is 68.2 cm³/mol. The number of nitrogens with zero attached hydrogens (tertiary/aromatic N) is 1. The first-order valence-corrected chi connectivity index (χ1v) is 6.78. The lowest BCUT2D eigenvalue weighted by Crippen LogP contribution is -2.29. The lowest BCUT2D eigenvalue weighted by Gasteiger charge is -2.19. The Hall–Kier alpha value is -0.540. The van der Waals surface area contributed by atoms with Gasteiger partial charge in [-0.3, -0.25) is 4.98 Å². The van der Waals surface area contributed by atoms with Crippen molar-refractivity contribution in [1.29, 1.82) is 0 Å². The van der Waals surface area contributed by atoms with Crippen molar-refractivity contribution in [3.05, 3.63) is 30.1 Å². The monoisotopic (exact) mass is 224 g/mol. The summed E-state index contributed by atoms with van der Waals surface area (Å²) in [6, 6.07) is 5.05. The third-order valence-corrected chi connectivity index (χ3v) is 3.12. The van der Waals surface area contributed by atoms with Crippen molar-refractivity contribution in [3.8, 4) is 0 Å². The predicted octanol–water partition coefficient (Wildman–Crippen LogP) is 2.87. The van der Waals surface area contributed by atoms with Crippen molar-refractivity contribution in [3.63, 3.8) is 0 Å². The van der Waals surface area contributed by atoms with E-state index in [1.165, 1.54) is 17.7 Å². The molecule has 15 heavy (non-hydrogen) atoms. The largest absolute Gasteiger partial charge is 0.308 e. The van der Waals surface area contributed by atoms with Crippen LogP contribution in [-0.2, 0) is 0 Å². The summed E-state index contributed by atoms with van der Waals surface area (Å²) in [5.41, 5.74) is 1.26. The number of aromatic nitrogens is 1. The minimum absolute atomic E-state index is 0.385. The minimum atomic E-state index is 0.385. The van der Waals surface area contributed by atoms with Gasteiger partial charge in [-0.05, 0) is 43.9 Å². The molecule has 3 heteroatoms. The van der Waals surface area contributed by atoms with Crippen LogP contribution in [-0.4, -0.2) is 23.0 Å². The summed E-state index contributed by atoms with van der Waals surface area (Å²) in [6.07, 6.45) is 7.11.